The quantitative estimate of drug-likeness (QED) is 0.735. The standard InChI is InChI=1S/C11H20N2O/c1-8(10(2,3)4)9(14)13-11(5,6)7-12/h8H,1-6H3,(H,13,14). The van der Waals surface area contributed by atoms with Crippen molar-refractivity contribution in [2.24, 2.45) is 11.3 Å². The first-order valence-electron chi connectivity index (χ1n) is 4.83. The molecule has 0 fully saturated rings. The molecule has 1 unspecified atom stereocenters. The molecule has 1 atom stereocenters. The van der Waals surface area contributed by atoms with Crippen LogP contribution in [0.1, 0.15) is 41.5 Å². The largest absolute Gasteiger partial charge is 0.338 e. The Hall–Kier alpha value is -1.04. The molecule has 0 aliphatic heterocycles. The summed E-state index contributed by atoms with van der Waals surface area (Å²) in [6, 6.07) is 2.05. The summed E-state index contributed by atoms with van der Waals surface area (Å²) >= 11 is 0. The van der Waals surface area contributed by atoms with Crippen LogP contribution < -0.4 is 5.32 Å². The van der Waals surface area contributed by atoms with Gasteiger partial charge in [0.1, 0.15) is 5.54 Å². The summed E-state index contributed by atoms with van der Waals surface area (Å²) in [5.74, 6) is -0.167. The van der Waals surface area contributed by atoms with Gasteiger partial charge in [0.2, 0.25) is 5.91 Å². The molecule has 0 aliphatic rings. The zero-order valence-corrected chi connectivity index (χ0v) is 9.93. The van der Waals surface area contributed by atoms with E-state index in [2.05, 4.69) is 5.32 Å². The van der Waals surface area contributed by atoms with E-state index < -0.39 is 5.54 Å². The van der Waals surface area contributed by atoms with E-state index in [1.165, 1.54) is 0 Å². The fourth-order valence-corrected chi connectivity index (χ4v) is 0.837. The van der Waals surface area contributed by atoms with Crippen molar-refractivity contribution in [3.05, 3.63) is 0 Å². The zero-order chi connectivity index (χ0) is 11.6. The van der Waals surface area contributed by atoms with Crippen LogP contribution in [0, 0.1) is 22.7 Å². The third-order valence-electron chi connectivity index (χ3n) is 2.41. The highest BCUT2D eigenvalue weighted by Gasteiger charge is 2.30. The lowest BCUT2D eigenvalue weighted by molar-refractivity contribution is -0.128. The number of carbonyl (C=O) groups is 1. The fraction of sp³-hybridized carbons (Fsp3) is 0.818. The minimum Gasteiger partial charge on any atom is -0.338 e. The minimum absolute atomic E-state index is 0.0657. The van der Waals surface area contributed by atoms with Crippen LogP contribution in [0.3, 0.4) is 0 Å². The summed E-state index contributed by atoms with van der Waals surface area (Å²) in [7, 11) is 0. The number of amides is 1. The second-order valence-corrected chi connectivity index (χ2v) is 5.31. The number of nitriles is 1. The SMILES string of the molecule is CC(C(=O)NC(C)(C)C#N)C(C)(C)C. The van der Waals surface area contributed by atoms with Crippen molar-refractivity contribution in [2.45, 2.75) is 47.1 Å². The van der Waals surface area contributed by atoms with Gasteiger partial charge in [-0.15, -0.1) is 0 Å². The molecule has 1 amide bonds. The first-order chi connectivity index (χ1) is 6.10. The predicted octanol–water partition coefficient (Wildman–Crippen LogP) is 2.09. The molecule has 0 bridgehead atoms. The van der Waals surface area contributed by atoms with Crippen LogP contribution in [0.15, 0.2) is 0 Å². The third kappa shape index (κ3) is 3.78. The molecular formula is C11H20N2O. The van der Waals surface area contributed by atoms with Gasteiger partial charge in [0.05, 0.1) is 6.07 Å². The Morgan fingerprint density at radius 1 is 1.29 bits per heavy atom. The van der Waals surface area contributed by atoms with Crippen LogP contribution in [-0.2, 0) is 4.79 Å². The van der Waals surface area contributed by atoms with Crippen molar-refractivity contribution in [1.82, 2.24) is 5.32 Å². The smallest absolute Gasteiger partial charge is 0.224 e. The topological polar surface area (TPSA) is 52.9 Å². The second-order valence-electron chi connectivity index (χ2n) is 5.31. The van der Waals surface area contributed by atoms with E-state index in [1.807, 2.05) is 33.8 Å². The van der Waals surface area contributed by atoms with E-state index in [0.29, 0.717) is 0 Å². The highest BCUT2D eigenvalue weighted by Crippen LogP contribution is 2.25. The second kappa shape index (κ2) is 4.00. The average Bonchev–Trinajstić information content (AvgIpc) is 2.00. The van der Waals surface area contributed by atoms with Gasteiger partial charge in [0, 0.05) is 5.92 Å². The number of hydrogen-bond donors (Lipinski definition) is 1. The summed E-state index contributed by atoms with van der Waals surface area (Å²) in [6.45, 7) is 11.3. The molecule has 1 N–H and O–H groups in total. The highest BCUT2D eigenvalue weighted by atomic mass is 16.2. The summed E-state index contributed by atoms with van der Waals surface area (Å²) in [5, 5.41) is 11.5. The maximum atomic E-state index is 11.7. The first kappa shape index (κ1) is 13.0. The van der Waals surface area contributed by atoms with Gasteiger partial charge in [-0.05, 0) is 19.3 Å². The normalized spacial score (nSPS) is 14.4. The lowest BCUT2D eigenvalue weighted by atomic mass is 9.81. The molecule has 3 nitrogen and oxygen atoms in total. The molecule has 14 heavy (non-hydrogen) atoms. The number of nitrogens with zero attached hydrogens (tertiary/aromatic N) is 1. The van der Waals surface area contributed by atoms with Crippen LogP contribution in [0.2, 0.25) is 0 Å². The Morgan fingerprint density at radius 3 is 2.00 bits per heavy atom. The van der Waals surface area contributed by atoms with Gasteiger partial charge in [-0.2, -0.15) is 5.26 Å². The highest BCUT2D eigenvalue weighted by molar-refractivity contribution is 5.80. The van der Waals surface area contributed by atoms with E-state index in [-0.39, 0.29) is 17.2 Å². The predicted molar refractivity (Wildman–Crippen MR) is 56.5 cm³/mol. The van der Waals surface area contributed by atoms with Gasteiger partial charge < -0.3 is 5.32 Å². The van der Waals surface area contributed by atoms with Gasteiger partial charge >= 0.3 is 0 Å². The molecule has 0 heterocycles. The number of hydrogen-bond acceptors (Lipinski definition) is 2. The molecule has 80 valence electrons. The summed E-state index contributed by atoms with van der Waals surface area (Å²) in [4.78, 5) is 11.7. The monoisotopic (exact) mass is 196 g/mol. The third-order valence-corrected chi connectivity index (χ3v) is 2.41. The molecule has 0 spiro atoms. The van der Waals surface area contributed by atoms with Crippen LogP contribution in [0.25, 0.3) is 0 Å². The van der Waals surface area contributed by atoms with Crippen LogP contribution >= 0.6 is 0 Å². The molecule has 0 aliphatic carbocycles. The molecule has 0 aromatic rings. The van der Waals surface area contributed by atoms with E-state index in [9.17, 15) is 4.79 Å². The lowest BCUT2D eigenvalue weighted by Crippen LogP contribution is -2.47. The van der Waals surface area contributed by atoms with Crippen molar-refractivity contribution in [3.8, 4) is 6.07 Å². The molecule has 0 aromatic carbocycles. The molecule has 0 aromatic heterocycles. The zero-order valence-electron chi connectivity index (χ0n) is 9.93. The van der Waals surface area contributed by atoms with E-state index in [0.717, 1.165) is 0 Å². The Morgan fingerprint density at radius 2 is 1.71 bits per heavy atom. The van der Waals surface area contributed by atoms with Crippen molar-refractivity contribution in [2.75, 3.05) is 0 Å². The Balaban J connectivity index is 4.47. The summed E-state index contributed by atoms with van der Waals surface area (Å²) < 4.78 is 0. The van der Waals surface area contributed by atoms with Gasteiger partial charge in [-0.25, -0.2) is 0 Å². The molecule has 0 saturated heterocycles. The summed E-state index contributed by atoms with van der Waals surface area (Å²) in [6.07, 6.45) is 0. The van der Waals surface area contributed by atoms with Crippen molar-refractivity contribution < 1.29 is 4.79 Å². The summed E-state index contributed by atoms with van der Waals surface area (Å²) in [5.41, 5.74) is -0.855. The Labute approximate surface area is 86.5 Å². The Kier molecular flexibility index (Phi) is 3.70. The van der Waals surface area contributed by atoms with Gasteiger partial charge in [-0.3, -0.25) is 4.79 Å². The average molecular weight is 196 g/mol. The molecule has 0 radical (unpaired) electrons. The number of rotatable bonds is 2. The van der Waals surface area contributed by atoms with Gasteiger partial charge in [-0.1, -0.05) is 27.7 Å². The molecule has 0 saturated carbocycles. The van der Waals surface area contributed by atoms with E-state index in [4.69, 9.17) is 5.26 Å². The van der Waals surface area contributed by atoms with Crippen molar-refractivity contribution in [1.29, 1.82) is 5.26 Å². The number of nitrogens with one attached hydrogen (secondary N) is 1. The maximum Gasteiger partial charge on any atom is 0.224 e. The van der Waals surface area contributed by atoms with Crippen molar-refractivity contribution in [3.63, 3.8) is 0 Å². The van der Waals surface area contributed by atoms with Crippen LogP contribution in [0.4, 0.5) is 0 Å². The maximum absolute atomic E-state index is 11.7. The van der Waals surface area contributed by atoms with Gasteiger partial charge in [0.25, 0.3) is 0 Å². The van der Waals surface area contributed by atoms with Crippen LogP contribution in [0.5, 0.6) is 0 Å². The van der Waals surface area contributed by atoms with Gasteiger partial charge in [0.15, 0.2) is 0 Å². The Bertz CT molecular complexity index is 255. The lowest BCUT2D eigenvalue weighted by Gasteiger charge is -2.28. The number of carbonyl (C=O) groups excluding carboxylic acids is 1. The molecule has 0 rings (SSSR count). The van der Waals surface area contributed by atoms with Crippen molar-refractivity contribution >= 4 is 5.91 Å². The molecule has 3 heteroatoms. The van der Waals surface area contributed by atoms with Crippen LogP contribution in [-0.4, -0.2) is 11.4 Å². The van der Waals surface area contributed by atoms with E-state index >= 15 is 0 Å². The molecular weight excluding hydrogens is 176 g/mol. The fourth-order valence-electron chi connectivity index (χ4n) is 0.837. The minimum atomic E-state index is -0.781. The van der Waals surface area contributed by atoms with E-state index in [1.54, 1.807) is 13.8 Å². The first-order valence-corrected chi connectivity index (χ1v) is 4.83.